The number of furan rings is 1. The van der Waals surface area contributed by atoms with Crippen LogP contribution in [-0.2, 0) is 11.3 Å². The number of benzene rings is 3. The van der Waals surface area contributed by atoms with E-state index in [2.05, 4.69) is 61.7 Å². The highest BCUT2D eigenvalue weighted by Gasteiger charge is 2.40. The molecular weight excluding hydrogens is 552 g/mol. The lowest BCUT2D eigenvalue weighted by atomic mass is 9.82. The van der Waals surface area contributed by atoms with Crippen LogP contribution in [0.4, 0.5) is 5.13 Å². The van der Waals surface area contributed by atoms with Gasteiger partial charge < -0.3 is 19.2 Å². The molecule has 1 spiro atoms. The molecule has 0 unspecified atom stereocenters. The van der Waals surface area contributed by atoms with E-state index >= 15 is 0 Å². The molecule has 0 aliphatic carbocycles. The second-order valence-corrected chi connectivity index (χ2v) is 11.5. The first kappa shape index (κ1) is 24.7. The van der Waals surface area contributed by atoms with Gasteiger partial charge in [-0.1, -0.05) is 65.9 Å². The zero-order valence-electron chi connectivity index (χ0n) is 22.3. The molecule has 0 bridgehead atoms. The Morgan fingerprint density at radius 2 is 1.76 bits per heavy atom. The number of ether oxygens (including phenoxy) is 1. The van der Waals surface area contributed by atoms with Crippen LogP contribution in [0.3, 0.4) is 0 Å². The maximum absolute atomic E-state index is 11.0. The Hall–Kier alpha value is -5.03. The summed E-state index contributed by atoms with van der Waals surface area (Å²) in [5, 5.41) is 24.0. The van der Waals surface area contributed by atoms with Crippen molar-refractivity contribution in [3.05, 3.63) is 90.1 Å². The highest BCUT2D eigenvalue weighted by atomic mass is 32.1. The van der Waals surface area contributed by atoms with Crippen molar-refractivity contribution in [1.29, 1.82) is 0 Å². The lowest BCUT2D eigenvalue weighted by Gasteiger charge is -2.43. The smallest absolute Gasteiger partial charge is 0.327 e. The number of tetrazole rings is 1. The van der Waals surface area contributed by atoms with Gasteiger partial charge in [0.15, 0.2) is 11.7 Å². The molecule has 208 valence electrons. The van der Waals surface area contributed by atoms with Gasteiger partial charge in [0.1, 0.15) is 22.5 Å². The van der Waals surface area contributed by atoms with Crippen LogP contribution in [0.2, 0.25) is 0 Å². The van der Waals surface area contributed by atoms with Crippen LogP contribution in [-0.4, -0.2) is 55.0 Å². The van der Waals surface area contributed by atoms with Gasteiger partial charge in [-0.2, -0.15) is 4.80 Å². The van der Waals surface area contributed by atoms with Crippen molar-refractivity contribution in [2.24, 2.45) is 0 Å². The predicted octanol–water partition coefficient (Wildman–Crippen LogP) is 5.64. The molecule has 0 saturated carbocycles. The molecule has 0 amide bonds. The van der Waals surface area contributed by atoms with Gasteiger partial charge in [-0.25, -0.2) is 4.98 Å². The van der Waals surface area contributed by atoms with Gasteiger partial charge in [-0.05, 0) is 29.0 Å². The third-order valence-corrected chi connectivity index (χ3v) is 8.97. The number of aromatic nitrogens is 5. The maximum atomic E-state index is 11.0. The number of rotatable bonds is 5. The highest BCUT2D eigenvalue weighted by Crippen LogP contribution is 2.46. The molecule has 11 heteroatoms. The summed E-state index contributed by atoms with van der Waals surface area (Å²) >= 11 is 1.47. The van der Waals surface area contributed by atoms with Gasteiger partial charge in [0.25, 0.3) is 0 Å². The van der Waals surface area contributed by atoms with Gasteiger partial charge in [0.2, 0.25) is 5.82 Å². The van der Waals surface area contributed by atoms with E-state index in [-0.39, 0.29) is 6.54 Å². The van der Waals surface area contributed by atoms with Crippen molar-refractivity contribution in [2.45, 2.75) is 25.0 Å². The molecule has 2 aliphatic rings. The number of hydrogen-bond acceptors (Lipinski definition) is 9. The highest BCUT2D eigenvalue weighted by molar-refractivity contribution is 7.18. The Bertz CT molecular complexity index is 2020. The molecular formula is C31H24N6O4S. The molecule has 6 aromatic rings. The van der Waals surface area contributed by atoms with Crippen LogP contribution in [0.5, 0.6) is 5.75 Å². The summed E-state index contributed by atoms with van der Waals surface area (Å²) in [7, 11) is 0. The molecule has 3 aromatic carbocycles. The maximum Gasteiger partial charge on any atom is 0.327 e. The quantitative estimate of drug-likeness (QED) is 0.278. The Labute approximate surface area is 243 Å². The molecule has 0 radical (unpaired) electrons. The Morgan fingerprint density at radius 1 is 0.976 bits per heavy atom. The average Bonchev–Trinajstić information content (AvgIpc) is 3.75. The number of carboxylic acid groups (broad SMARTS) is 1. The summed E-state index contributed by atoms with van der Waals surface area (Å²) in [6.45, 7) is 1.18. The number of piperidine rings is 1. The standard InChI is InChI=1S/C31H24N6O4S/c38-27(39)18-37-34-29(33-35-37)26-17-32-30(42-26)36-14-12-31(13-15-36)16-23(20-7-2-4-11-25(20)41-31)22-9-5-8-21-19-6-1-3-10-24(19)40-28(21)22/h1-11,16-17H,12-15,18H2,(H,38,39). The van der Waals surface area contributed by atoms with Crippen molar-refractivity contribution < 1.29 is 19.1 Å². The van der Waals surface area contributed by atoms with Gasteiger partial charge in [-0.3, -0.25) is 4.79 Å². The summed E-state index contributed by atoms with van der Waals surface area (Å²) in [6, 6.07) is 22.7. The molecule has 8 rings (SSSR count). The first-order valence-electron chi connectivity index (χ1n) is 13.7. The van der Waals surface area contributed by atoms with Crippen molar-refractivity contribution in [3.8, 4) is 16.5 Å². The predicted molar refractivity (Wildman–Crippen MR) is 159 cm³/mol. The van der Waals surface area contributed by atoms with E-state index in [9.17, 15) is 4.79 Å². The van der Waals surface area contributed by atoms with E-state index in [0.717, 1.165) is 85.1 Å². The molecule has 10 nitrogen and oxygen atoms in total. The van der Waals surface area contributed by atoms with Crippen LogP contribution < -0.4 is 9.64 Å². The van der Waals surface area contributed by atoms with E-state index in [1.165, 1.54) is 11.3 Å². The van der Waals surface area contributed by atoms with Gasteiger partial charge in [0.05, 0.1) is 11.1 Å². The Balaban J connectivity index is 1.10. The van der Waals surface area contributed by atoms with Crippen molar-refractivity contribution in [2.75, 3.05) is 18.0 Å². The molecule has 1 fully saturated rings. The lowest BCUT2D eigenvalue weighted by Crippen LogP contribution is -2.48. The number of fused-ring (bicyclic) bond motifs is 4. The van der Waals surface area contributed by atoms with Gasteiger partial charge >= 0.3 is 5.97 Å². The third-order valence-electron chi connectivity index (χ3n) is 7.92. The first-order chi connectivity index (χ1) is 20.6. The van der Waals surface area contributed by atoms with E-state index in [4.69, 9.17) is 14.3 Å². The van der Waals surface area contributed by atoms with Crippen LogP contribution >= 0.6 is 11.3 Å². The number of carboxylic acids is 1. The normalized spacial score (nSPS) is 16.0. The Morgan fingerprint density at radius 3 is 2.64 bits per heavy atom. The minimum absolute atomic E-state index is 0.337. The number of thiazole rings is 1. The van der Waals surface area contributed by atoms with Crippen LogP contribution in [0.1, 0.15) is 24.0 Å². The molecule has 2 aliphatic heterocycles. The zero-order valence-corrected chi connectivity index (χ0v) is 23.1. The minimum Gasteiger partial charge on any atom is -0.482 e. The van der Waals surface area contributed by atoms with Crippen LogP contribution in [0, 0.1) is 0 Å². The summed E-state index contributed by atoms with van der Waals surface area (Å²) < 4.78 is 13.2. The fraction of sp³-hybridized carbons (Fsp3) is 0.194. The number of carbonyl (C=O) groups is 1. The third kappa shape index (κ3) is 4.12. The number of para-hydroxylation sites is 3. The van der Waals surface area contributed by atoms with E-state index in [0.29, 0.717) is 5.82 Å². The number of anilines is 1. The lowest BCUT2D eigenvalue weighted by molar-refractivity contribution is -0.138. The molecule has 42 heavy (non-hydrogen) atoms. The second kappa shape index (κ2) is 9.52. The first-order valence-corrected chi connectivity index (χ1v) is 14.5. The molecule has 5 heterocycles. The van der Waals surface area contributed by atoms with E-state index in [1.54, 1.807) is 6.20 Å². The van der Waals surface area contributed by atoms with Crippen molar-refractivity contribution in [1.82, 2.24) is 25.2 Å². The second-order valence-electron chi connectivity index (χ2n) is 10.5. The van der Waals surface area contributed by atoms with Gasteiger partial charge in [-0.15, -0.1) is 10.2 Å². The summed E-state index contributed by atoms with van der Waals surface area (Å²) in [6.07, 6.45) is 5.57. The SMILES string of the molecule is O=C(O)Cn1nnc(-c2cnc(N3CCC4(C=C(c5cccc6c5oc5ccccc56)c5ccccc5O4)CC3)s2)n1. The topological polar surface area (TPSA) is 119 Å². The number of nitrogens with zero attached hydrogens (tertiary/aromatic N) is 6. The fourth-order valence-corrected chi connectivity index (χ4v) is 6.81. The van der Waals surface area contributed by atoms with E-state index < -0.39 is 11.6 Å². The van der Waals surface area contributed by atoms with Gasteiger partial charge in [0, 0.05) is 47.8 Å². The molecule has 3 aromatic heterocycles. The summed E-state index contributed by atoms with van der Waals surface area (Å²) in [5.41, 5.74) is 4.56. The molecule has 1 saturated heterocycles. The van der Waals surface area contributed by atoms with Crippen molar-refractivity contribution in [3.63, 3.8) is 0 Å². The minimum atomic E-state index is -1.02. The molecule has 0 atom stereocenters. The number of aliphatic carboxylic acids is 1. The van der Waals surface area contributed by atoms with E-state index in [1.807, 2.05) is 36.4 Å². The Kier molecular flexibility index (Phi) is 5.61. The van der Waals surface area contributed by atoms with Crippen LogP contribution in [0.15, 0.2) is 83.4 Å². The van der Waals surface area contributed by atoms with Crippen molar-refractivity contribution >= 4 is 49.9 Å². The fourth-order valence-electron chi connectivity index (χ4n) is 5.92. The zero-order chi connectivity index (χ0) is 28.3. The monoisotopic (exact) mass is 576 g/mol. The largest absolute Gasteiger partial charge is 0.482 e. The molecule has 1 N–H and O–H groups in total. The summed E-state index contributed by atoms with van der Waals surface area (Å²) in [4.78, 5) is 19.6. The summed E-state index contributed by atoms with van der Waals surface area (Å²) in [5.74, 6) is 0.224. The average molecular weight is 577 g/mol. The number of hydrogen-bond donors (Lipinski definition) is 1. The van der Waals surface area contributed by atoms with Crippen LogP contribution in [0.25, 0.3) is 38.2 Å².